The molecule has 86 valence electrons. The molecular formula is C11H19NO3. The van der Waals surface area contributed by atoms with Gasteiger partial charge in [0, 0.05) is 33.2 Å². The van der Waals surface area contributed by atoms with Gasteiger partial charge in [0.1, 0.15) is 5.76 Å². The second kappa shape index (κ2) is 6.61. The molecule has 0 spiro atoms. The number of rotatable bonds is 7. The topological polar surface area (TPSA) is 43.6 Å². The van der Waals surface area contributed by atoms with Crippen molar-refractivity contribution >= 4 is 0 Å². The van der Waals surface area contributed by atoms with Crippen molar-refractivity contribution in [2.75, 3.05) is 20.8 Å². The van der Waals surface area contributed by atoms with E-state index in [1.54, 1.807) is 20.5 Å². The van der Waals surface area contributed by atoms with E-state index < -0.39 is 0 Å². The summed E-state index contributed by atoms with van der Waals surface area (Å²) in [5, 5.41) is 3.31. The smallest absolute Gasteiger partial charge is 0.169 e. The fourth-order valence-corrected chi connectivity index (χ4v) is 1.36. The van der Waals surface area contributed by atoms with Gasteiger partial charge in [-0.1, -0.05) is 0 Å². The molecule has 4 nitrogen and oxygen atoms in total. The van der Waals surface area contributed by atoms with Crippen LogP contribution in [0.25, 0.3) is 0 Å². The predicted octanol–water partition coefficient (Wildman–Crippen LogP) is 1.42. The lowest BCUT2D eigenvalue weighted by Crippen LogP contribution is -2.36. The van der Waals surface area contributed by atoms with E-state index in [9.17, 15) is 0 Å². The first kappa shape index (κ1) is 12.2. The zero-order chi connectivity index (χ0) is 11.1. The lowest BCUT2D eigenvalue weighted by Gasteiger charge is -2.17. The molecule has 1 aromatic rings. The van der Waals surface area contributed by atoms with Crippen LogP contribution in [-0.4, -0.2) is 33.1 Å². The van der Waals surface area contributed by atoms with Crippen LogP contribution in [0.3, 0.4) is 0 Å². The summed E-state index contributed by atoms with van der Waals surface area (Å²) >= 11 is 0. The summed E-state index contributed by atoms with van der Waals surface area (Å²) < 4.78 is 15.4. The first-order chi connectivity index (χ1) is 7.26. The average molecular weight is 213 g/mol. The molecule has 0 bridgehead atoms. The predicted molar refractivity (Wildman–Crippen MR) is 57.7 cm³/mol. The Hall–Kier alpha value is -0.840. The number of furan rings is 1. The lowest BCUT2D eigenvalue weighted by atomic mass is 10.2. The van der Waals surface area contributed by atoms with Gasteiger partial charge < -0.3 is 19.2 Å². The molecule has 1 atom stereocenters. The molecule has 4 heteroatoms. The molecule has 1 heterocycles. The van der Waals surface area contributed by atoms with Crippen LogP contribution < -0.4 is 5.32 Å². The molecule has 0 aliphatic heterocycles. The summed E-state index contributed by atoms with van der Waals surface area (Å²) in [4.78, 5) is 0. The number of methoxy groups -OCH3 is 2. The van der Waals surface area contributed by atoms with E-state index >= 15 is 0 Å². The quantitative estimate of drug-likeness (QED) is 0.696. The highest BCUT2D eigenvalue weighted by Crippen LogP contribution is 2.03. The molecule has 0 radical (unpaired) electrons. The minimum atomic E-state index is -0.191. The Morgan fingerprint density at radius 2 is 2.13 bits per heavy atom. The number of nitrogens with one attached hydrogen (secondary N) is 1. The summed E-state index contributed by atoms with van der Waals surface area (Å²) in [6.07, 6.45) is 2.37. The van der Waals surface area contributed by atoms with Crippen LogP contribution in [0.4, 0.5) is 0 Å². The van der Waals surface area contributed by atoms with Crippen LogP contribution in [0.1, 0.15) is 12.7 Å². The molecule has 0 saturated carbocycles. The van der Waals surface area contributed by atoms with Crippen LogP contribution >= 0.6 is 0 Å². The second-order valence-corrected chi connectivity index (χ2v) is 3.49. The zero-order valence-corrected chi connectivity index (χ0v) is 9.53. The summed E-state index contributed by atoms with van der Waals surface area (Å²) in [6, 6.07) is 4.21. The standard InChI is InChI=1S/C11H19NO3/c1-9(7-10-5-4-6-15-10)12-8-11(13-2)14-3/h4-6,9,11-12H,7-8H2,1-3H3. The number of hydrogen-bond acceptors (Lipinski definition) is 4. The number of hydrogen-bond donors (Lipinski definition) is 1. The summed E-state index contributed by atoms with van der Waals surface area (Å²) in [6.45, 7) is 2.78. The Kier molecular flexibility index (Phi) is 5.39. The highest BCUT2D eigenvalue weighted by molar-refractivity contribution is 4.99. The molecule has 0 fully saturated rings. The van der Waals surface area contributed by atoms with Gasteiger partial charge in [-0.25, -0.2) is 0 Å². The monoisotopic (exact) mass is 213 g/mol. The molecule has 1 unspecified atom stereocenters. The van der Waals surface area contributed by atoms with Gasteiger partial charge in [-0.3, -0.25) is 0 Å². The van der Waals surface area contributed by atoms with Gasteiger partial charge in [-0.2, -0.15) is 0 Å². The van der Waals surface area contributed by atoms with E-state index in [0.717, 1.165) is 12.2 Å². The zero-order valence-electron chi connectivity index (χ0n) is 9.53. The molecule has 1 aromatic heterocycles. The van der Waals surface area contributed by atoms with Crippen LogP contribution in [0.5, 0.6) is 0 Å². The van der Waals surface area contributed by atoms with Crippen molar-refractivity contribution in [2.24, 2.45) is 0 Å². The third-order valence-electron chi connectivity index (χ3n) is 2.25. The largest absolute Gasteiger partial charge is 0.469 e. The Morgan fingerprint density at radius 3 is 2.67 bits per heavy atom. The van der Waals surface area contributed by atoms with E-state index in [0.29, 0.717) is 12.6 Å². The minimum Gasteiger partial charge on any atom is -0.469 e. The molecule has 0 aliphatic carbocycles. The first-order valence-electron chi connectivity index (χ1n) is 5.07. The van der Waals surface area contributed by atoms with E-state index in [4.69, 9.17) is 13.9 Å². The highest BCUT2D eigenvalue weighted by Gasteiger charge is 2.09. The van der Waals surface area contributed by atoms with Crippen molar-refractivity contribution in [3.8, 4) is 0 Å². The van der Waals surface area contributed by atoms with E-state index in [-0.39, 0.29) is 6.29 Å². The lowest BCUT2D eigenvalue weighted by molar-refractivity contribution is -0.0997. The molecule has 0 aromatic carbocycles. The Balaban J connectivity index is 2.21. The van der Waals surface area contributed by atoms with Gasteiger partial charge in [-0.05, 0) is 19.1 Å². The maximum absolute atomic E-state index is 5.26. The van der Waals surface area contributed by atoms with Crippen molar-refractivity contribution in [2.45, 2.75) is 25.7 Å². The van der Waals surface area contributed by atoms with Gasteiger partial charge in [0.2, 0.25) is 0 Å². The first-order valence-corrected chi connectivity index (χ1v) is 5.07. The van der Waals surface area contributed by atoms with Crippen molar-refractivity contribution in [3.63, 3.8) is 0 Å². The Bertz CT molecular complexity index is 244. The highest BCUT2D eigenvalue weighted by atomic mass is 16.7. The summed E-state index contributed by atoms with van der Waals surface area (Å²) in [5.74, 6) is 0.987. The summed E-state index contributed by atoms with van der Waals surface area (Å²) in [5.41, 5.74) is 0. The maximum Gasteiger partial charge on any atom is 0.169 e. The van der Waals surface area contributed by atoms with Crippen molar-refractivity contribution in [1.82, 2.24) is 5.32 Å². The average Bonchev–Trinajstić information content (AvgIpc) is 2.72. The minimum absolute atomic E-state index is 0.191. The molecular weight excluding hydrogens is 194 g/mol. The molecule has 0 amide bonds. The van der Waals surface area contributed by atoms with Gasteiger partial charge in [0.15, 0.2) is 6.29 Å². The van der Waals surface area contributed by atoms with Gasteiger partial charge >= 0.3 is 0 Å². The fourth-order valence-electron chi connectivity index (χ4n) is 1.36. The summed E-state index contributed by atoms with van der Waals surface area (Å²) in [7, 11) is 3.26. The van der Waals surface area contributed by atoms with E-state index in [2.05, 4.69) is 12.2 Å². The van der Waals surface area contributed by atoms with Crippen molar-refractivity contribution < 1.29 is 13.9 Å². The van der Waals surface area contributed by atoms with Gasteiger partial charge in [0.05, 0.1) is 6.26 Å². The second-order valence-electron chi connectivity index (χ2n) is 3.49. The Labute approximate surface area is 90.6 Å². The van der Waals surface area contributed by atoms with Crippen molar-refractivity contribution in [1.29, 1.82) is 0 Å². The molecule has 1 N–H and O–H groups in total. The van der Waals surface area contributed by atoms with Crippen LogP contribution in [0.2, 0.25) is 0 Å². The van der Waals surface area contributed by atoms with Crippen LogP contribution in [-0.2, 0) is 15.9 Å². The number of ether oxygens (including phenoxy) is 2. The fraction of sp³-hybridized carbons (Fsp3) is 0.636. The Morgan fingerprint density at radius 1 is 1.40 bits per heavy atom. The van der Waals surface area contributed by atoms with Crippen molar-refractivity contribution in [3.05, 3.63) is 24.2 Å². The SMILES string of the molecule is COC(CNC(C)Cc1ccco1)OC. The van der Waals surface area contributed by atoms with Gasteiger partial charge in [-0.15, -0.1) is 0 Å². The molecule has 1 rings (SSSR count). The maximum atomic E-state index is 5.26. The molecule has 15 heavy (non-hydrogen) atoms. The van der Waals surface area contributed by atoms with E-state index in [1.807, 2.05) is 12.1 Å². The van der Waals surface area contributed by atoms with Crippen LogP contribution in [0.15, 0.2) is 22.8 Å². The van der Waals surface area contributed by atoms with E-state index in [1.165, 1.54) is 0 Å². The third kappa shape index (κ3) is 4.46. The van der Waals surface area contributed by atoms with Gasteiger partial charge in [0.25, 0.3) is 0 Å². The third-order valence-corrected chi connectivity index (χ3v) is 2.25. The molecule has 0 saturated heterocycles. The molecule has 0 aliphatic rings. The normalized spacial score (nSPS) is 13.3. The van der Waals surface area contributed by atoms with Crippen LogP contribution in [0, 0.1) is 0 Å².